The minimum Gasteiger partial charge on any atom is -0.465 e. The van der Waals surface area contributed by atoms with Gasteiger partial charge in [-0.3, -0.25) is 4.99 Å². The lowest BCUT2D eigenvalue weighted by atomic mass is 10.1. The van der Waals surface area contributed by atoms with E-state index in [0.29, 0.717) is 11.3 Å². The molecule has 0 saturated carbocycles. The van der Waals surface area contributed by atoms with Crippen LogP contribution in [0.3, 0.4) is 0 Å². The summed E-state index contributed by atoms with van der Waals surface area (Å²) in [5.74, 6) is -0.382. The van der Waals surface area contributed by atoms with Gasteiger partial charge < -0.3 is 10.5 Å². The summed E-state index contributed by atoms with van der Waals surface area (Å²) in [4.78, 5) is 14.0. The molecular formula is C10H13N2O2+. The fraction of sp³-hybridized carbons (Fsp3) is 0.200. The van der Waals surface area contributed by atoms with Crippen molar-refractivity contribution in [1.82, 2.24) is 0 Å². The summed E-state index contributed by atoms with van der Waals surface area (Å²) >= 11 is 0. The molecule has 14 heavy (non-hydrogen) atoms. The summed E-state index contributed by atoms with van der Waals surface area (Å²) < 4.78 is 4.57. The lowest BCUT2D eigenvalue weighted by Gasteiger charge is -2.01. The molecule has 0 aliphatic heterocycles. The average molecular weight is 193 g/mol. The summed E-state index contributed by atoms with van der Waals surface area (Å²) in [5.41, 5.74) is 7.57. The predicted octanol–water partition coefficient (Wildman–Crippen LogP) is -0.815. The van der Waals surface area contributed by atoms with E-state index in [0.717, 1.165) is 5.56 Å². The van der Waals surface area contributed by atoms with Crippen molar-refractivity contribution < 1.29 is 14.5 Å². The molecule has 0 aliphatic carbocycles. The van der Waals surface area contributed by atoms with Crippen molar-refractivity contribution in [3.05, 3.63) is 29.3 Å². The van der Waals surface area contributed by atoms with Crippen molar-refractivity contribution in [2.75, 3.05) is 19.9 Å². The second-order valence-corrected chi connectivity index (χ2v) is 2.77. The fourth-order valence-electron chi connectivity index (χ4n) is 1.11. The Morgan fingerprint density at radius 1 is 1.57 bits per heavy atom. The van der Waals surface area contributed by atoms with E-state index >= 15 is 0 Å². The van der Waals surface area contributed by atoms with Crippen LogP contribution >= 0.6 is 0 Å². The van der Waals surface area contributed by atoms with Crippen molar-refractivity contribution in [2.45, 2.75) is 0 Å². The maximum atomic E-state index is 11.1. The van der Waals surface area contributed by atoms with Gasteiger partial charge in [-0.05, 0) is 18.2 Å². The second kappa shape index (κ2) is 4.41. The van der Waals surface area contributed by atoms with Gasteiger partial charge in [0.15, 0.2) is 6.21 Å². The number of ether oxygens (including phenoxy) is 1. The van der Waals surface area contributed by atoms with Crippen LogP contribution in [0.5, 0.6) is 0 Å². The molecule has 0 aromatic heterocycles. The number of benzene rings is 1. The van der Waals surface area contributed by atoms with E-state index in [9.17, 15) is 4.79 Å². The van der Waals surface area contributed by atoms with Crippen LogP contribution in [0.2, 0.25) is 0 Å². The van der Waals surface area contributed by atoms with Gasteiger partial charge in [0.25, 0.3) is 0 Å². The zero-order chi connectivity index (χ0) is 10.6. The highest BCUT2D eigenvalue weighted by atomic mass is 16.5. The number of rotatable bonds is 2. The number of nitrogens with two attached hydrogens (primary N) is 1. The van der Waals surface area contributed by atoms with Crippen molar-refractivity contribution in [3.63, 3.8) is 0 Å². The molecule has 1 rings (SSSR count). The molecule has 1 aromatic carbocycles. The number of nitrogens with one attached hydrogen (secondary N) is 1. The van der Waals surface area contributed by atoms with Crippen molar-refractivity contribution in [3.8, 4) is 0 Å². The van der Waals surface area contributed by atoms with Crippen LogP contribution in [0.25, 0.3) is 0 Å². The highest BCUT2D eigenvalue weighted by molar-refractivity contribution is 5.93. The van der Waals surface area contributed by atoms with Gasteiger partial charge in [-0.1, -0.05) is 0 Å². The Labute approximate surface area is 82.4 Å². The maximum absolute atomic E-state index is 11.1. The Kier molecular flexibility index (Phi) is 3.23. The third-order valence-electron chi connectivity index (χ3n) is 1.81. The molecule has 3 N–H and O–H groups in total. The van der Waals surface area contributed by atoms with Gasteiger partial charge >= 0.3 is 5.97 Å². The van der Waals surface area contributed by atoms with Gasteiger partial charge in [0, 0.05) is 5.69 Å². The fourth-order valence-corrected chi connectivity index (χ4v) is 1.11. The molecule has 0 saturated heterocycles. The van der Waals surface area contributed by atoms with Crippen LogP contribution in [-0.4, -0.2) is 26.3 Å². The van der Waals surface area contributed by atoms with Crippen LogP contribution in [-0.2, 0) is 4.74 Å². The smallest absolute Gasteiger partial charge is 0.337 e. The third kappa shape index (κ3) is 2.10. The van der Waals surface area contributed by atoms with E-state index in [1.165, 1.54) is 7.11 Å². The van der Waals surface area contributed by atoms with E-state index in [4.69, 9.17) is 5.73 Å². The third-order valence-corrected chi connectivity index (χ3v) is 1.81. The molecular weight excluding hydrogens is 180 g/mol. The van der Waals surface area contributed by atoms with Crippen LogP contribution in [0.1, 0.15) is 15.9 Å². The molecule has 0 atom stereocenters. The first-order valence-electron chi connectivity index (χ1n) is 4.17. The molecule has 1 aromatic rings. The Morgan fingerprint density at radius 2 is 2.29 bits per heavy atom. The molecule has 74 valence electrons. The standard InChI is InChI=1S/C10H12N2O2/c1-12-6-8-4-3-7(5-9(8)11)10(13)14-2/h3-6H,11H2,1-2H3/p+1. The number of anilines is 1. The zero-order valence-electron chi connectivity index (χ0n) is 8.20. The first-order valence-corrected chi connectivity index (χ1v) is 4.17. The lowest BCUT2D eigenvalue weighted by molar-refractivity contribution is -0.413. The number of nitrogen functional groups attached to an aromatic ring is 1. The minimum absolute atomic E-state index is 0.382. The Balaban J connectivity index is 3.06. The number of hydrogen-bond acceptors (Lipinski definition) is 3. The summed E-state index contributed by atoms with van der Waals surface area (Å²) in [6, 6.07) is 5.03. The SMILES string of the molecule is C[NH+]=Cc1ccc(C(=O)OC)cc1N. The number of hydrogen-bond donors (Lipinski definition) is 2. The molecule has 0 fully saturated rings. The first kappa shape index (κ1) is 10.2. The molecule has 4 heteroatoms. The quantitative estimate of drug-likeness (QED) is 0.366. The lowest BCUT2D eigenvalue weighted by Crippen LogP contribution is -2.63. The van der Waals surface area contributed by atoms with E-state index in [1.807, 2.05) is 0 Å². The second-order valence-electron chi connectivity index (χ2n) is 2.77. The molecule has 0 bridgehead atoms. The normalized spacial score (nSPS) is 10.4. The van der Waals surface area contributed by atoms with Gasteiger partial charge in [-0.2, -0.15) is 0 Å². The van der Waals surface area contributed by atoms with Crippen LogP contribution in [0, 0.1) is 0 Å². The van der Waals surface area contributed by atoms with Gasteiger partial charge in [0.05, 0.1) is 18.2 Å². The number of esters is 1. The van der Waals surface area contributed by atoms with Gasteiger partial charge in [0.2, 0.25) is 0 Å². The van der Waals surface area contributed by atoms with Crippen molar-refractivity contribution in [1.29, 1.82) is 0 Å². The summed E-state index contributed by atoms with van der Waals surface area (Å²) in [5, 5.41) is 0. The Morgan fingerprint density at radius 3 is 2.79 bits per heavy atom. The molecule has 0 amide bonds. The molecule has 0 heterocycles. The predicted molar refractivity (Wildman–Crippen MR) is 54.2 cm³/mol. The van der Waals surface area contributed by atoms with Gasteiger partial charge in [0.1, 0.15) is 7.05 Å². The summed E-state index contributed by atoms with van der Waals surface area (Å²) in [6.45, 7) is 0. The van der Waals surface area contributed by atoms with Crippen molar-refractivity contribution >= 4 is 17.9 Å². The average Bonchev–Trinajstić information content (AvgIpc) is 2.20. The molecule has 4 nitrogen and oxygen atoms in total. The highest BCUT2D eigenvalue weighted by Gasteiger charge is 2.07. The van der Waals surface area contributed by atoms with Gasteiger partial charge in [-0.15, -0.1) is 0 Å². The summed E-state index contributed by atoms with van der Waals surface area (Å²) in [6.07, 6.45) is 1.76. The van der Waals surface area contributed by atoms with Crippen LogP contribution in [0.15, 0.2) is 18.2 Å². The van der Waals surface area contributed by atoms with Crippen LogP contribution < -0.4 is 10.7 Å². The molecule has 0 radical (unpaired) electrons. The van der Waals surface area contributed by atoms with Crippen molar-refractivity contribution in [2.24, 2.45) is 0 Å². The van der Waals surface area contributed by atoms with Crippen LogP contribution in [0.4, 0.5) is 5.69 Å². The number of methoxy groups -OCH3 is 1. The van der Waals surface area contributed by atoms with E-state index < -0.39 is 0 Å². The monoisotopic (exact) mass is 193 g/mol. The molecule has 0 aliphatic rings. The summed E-state index contributed by atoms with van der Waals surface area (Å²) in [7, 11) is 3.12. The largest absolute Gasteiger partial charge is 0.465 e. The number of carbonyl (C=O) groups excluding carboxylic acids is 1. The number of carbonyl (C=O) groups is 1. The Bertz CT molecular complexity index is 372. The van der Waals surface area contributed by atoms with E-state index in [1.54, 1.807) is 31.5 Å². The molecule has 0 spiro atoms. The highest BCUT2D eigenvalue weighted by Crippen LogP contribution is 2.12. The topological polar surface area (TPSA) is 66.3 Å². The van der Waals surface area contributed by atoms with E-state index in [2.05, 4.69) is 9.73 Å². The first-order chi connectivity index (χ1) is 6.69. The minimum atomic E-state index is -0.382. The van der Waals surface area contributed by atoms with E-state index in [-0.39, 0.29) is 5.97 Å². The zero-order valence-corrected chi connectivity index (χ0v) is 8.20. The Hall–Kier alpha value is -1.84. The van der Waals surface area contributed by atoms with Gasteiger partial charge in [-0.25, -0.2) is 4.79 Å². The molecule has 0 unspecified atom stereocenters. The maximum Gasteiger partial charge on any atom is 0.337 e.